The maximum atomic E-state index is 13.4. The van der Waals surface area contributed by atoms with Crippen LogP contribution in [0.15, 0.2) is 18.2 Å². The molecule has 0 aliphatic heterocycles. The fourth-order valence-electron chi connectivity index (χ4n) is 1.16. The molecule has 0 spiro atoms. The van der Waals surface area contributed by atoms with E-state index in [-0.39, 0.29) is 17.3 Å². The summed E-state index contributed by atoms with van der Waals surface area (Å²) in [5, 5.41) is 2.16. The van der Waals surface area contributed by atoms with E-state index in [2.05, 4.69) is 10.1 Å². The largest absolute Gasteiger partial charge is 0.464 e. The molecule has 0 aromatic heterocycles. The molecule has 1 unspecified atom stereocenters. The number of amides is 1. The zero-order valence-electron chi connectivity index (χ0n) is 9.57. The molecule has 0 saturated heterocycles. The average molecular weight is 275 g/mol. The first kappa shape index (κ1) is 14.4. The Morgan fingerprint density at radius 2 is 2.22 bits per heavy atom. The molecule has 18 heavy (non-hydrogen) atoms. The van der Waals surface area contributed by atoms with Crippen LogP contribution in [-0.4, -0.2) is 24.5 Å². The molecular weight excluding hydrogens is 263 g/mol. The van der Waals surface area contributed by atoms with Gasteiger partial charge in [0.2, 0.25) is 0 Å². The quantitative estimate of drug-likeness (QED) is 0.641. The van der Waals surface area contributed by atoms with E-state index in [9.17, 15) is 14.0 Å². The van der Waals surface area contributed by atoms with Gasteiger partial charge in [-0.2, -0.15) is 0 Å². The van der Waals surface area contributed by atoms with Crippen molar-refractivity contribution in [1.82, 2.24) is 0 Å². The summed E-state index contributed by atoms with van der Waals surface area (Å²) in [6, 6.07) is 2.38. The fraction of sp³-hybridized carbons (Fsp3) is 0.273. The Labute approximate surface area is 108 Å². The third-order valence-electron chi connectivity index (χ3n) is 2.03. The first-order valence-electron chi connectivity index (χ1n) is 5.14. The number of carbonyl (C=O) groups is 2. The number of halogens is 2. The van der Waals surface area contributed by atoms with Gasteiger partial charge in [0, 0.05) is 0 Å². The molecule has 3 N–H and O–H groups in total. The van der Waals surface area contributed by atoms with Crippen LogP contribution < -0.4 is 11.1 Å². The van der Waals surface area contributed by atoms with Crippen molar-refractivity contribution in [3.8, 4) is 0 Å². The molecule has 5 nitrogen and oxygen atoms in total. The van der Waals surface area contributed by atoms with Crippen molar-refractivity contribution in [2.75, 3.05) is 11.9 Å². The van der Waals surface area contributed by atoms with E-state index in [1.807, 2.05) is 0 Å². The van der Waals surface area contributed by atoms with Gasteiger partial charge in [-0.25, -0.2) is 9.18 Å². The van der Waals surface area contributed by atoms with Crippen LogP contribution >= 0.6 is 11.6 Å². The molecular formula is C11H12ClFN2O3. The van der Waals surface area contributed by atoms with Crippen LogP contribution in [0.5, 0.6) is 0 Å². The second-order valence-electron chi connectivity index (χ2n) is 3.32. The second-order valence-corrected chi connectivity index (χ2v) is 3.72. The van der Waals surface area contributed by atoms with E-state index >= 15 is 0 Å². The van der Waals surface area contributed by atoms with Gasteiger partial charge in [-0.1, -0.05) is 17.7 Å². The number of nitrogens with one attached hydrogen (secondary N) is 1. The molecule has 1 amide bonds. The van der Waals surface area contributed by atoms with Crippen molar-refractivity contribution in [1.29, 1.82) is 0 Å². The average Bonchev–Trinajstić information content (AvgIpc) is 2.33. The van der Waals surface area contributed by atoms with Crippen LogP contribution in [0, 0.1) is 5.82 Å². The Bertz CT molecular complexity index is 447. The molecule has 1 aromatic rings. The lowest BCUT2D eigenvalue weighted by Crippen LogP contribution is -2.43. The van der Waals surface area contributed by atoms with Gasteiger partial charge in [0.25, 0.3) is 5.91 Å². The number of anilines is 1. The minimum atomic E-state index is -1.53. The zero-order chi connectivity index (χ0) is 13.7. The summed E-state index contributed by atoms with van der Waals surface area (Å²) in [6.45, 7) is 1.68. The highest BCUT2D eigenvalue weighted by Gasteiger charge is 2.24. The first-order valence-corrected chi connectivity index (χ1v) is 5.52. The smallest absolute Gasteiger partial charge is 0.332 e. The second kappa shape index (κ2) is 6.32. The van der Waals surface area contributed by atoms with Gasteiger partial charge in [-0.15, -0.1) is 0 Å². The number of rotatable bonds is 4. The molecule has 0 fully saturated rings. The Morgan fingerprint density at radius 3 is 2.78 bits per heavy atom. The molecule has 0 bridgehead atoms. The molecule has 0 radical (unpaired) electrons. The maximum Gasteiger partial charge on any atom is 0.332 e. The lowest BCUT2D eigenvalue weighted by atomic mass is 10.2. The topological polar surface area (TPSA) is 81.4 Å². The minimum absolute atomic E-state index is 0.0133. The van der Waals surface area contributed by atoms with Crippen molar-refractivity contribution in [2.24, 2.45) is 5.73 Å². The van der Waals surface area contributed by atoms with Gasteiger partial charge in [-0.3, -0.25) is 4.79 Å². The number of hydrogen-bond acceptors (Lipinski definition) is 4. The van der Waals surface area contributed by atoms with Crippen molar-refractivity contribution in [2.45, 2.75) is 13.0 Å². The van der Waals surface area contributed by atoms with Crippen LogP contribution in [0.25, 0.3) is 0 Å². The van der Waals surface area contributed by atoms with E-state index in [4.69, 9.17) is 17.3 Å². The lowest BCUT2D eigenvalue weighted by molar-refractivity contribution is -0.146. The Hall–Kier alpha value is -1.66. The van der Waals surface area contributed by atoms with Crippen LogP contribution in [0.3, 0.4) is 0 Å². The summed E-state index contributed by atoms with van der Waals surface area (Å²) >= 11 is 5.71. The van der Waals surface area contributed by atoms with E-state index in [0.717, 1.165) is 6.07 Å². The molecule has 0 saturated carbocycles. The van der Waals surface area contributed by atoms with Gasteiger partial charge in [0.05, 0.1) is 17.3 Å². The number of para-hydroxylation sites is 1. The molecule has 1 aromatic carbocycles. The van der Waals surface area contributed by atoms with E-state index in [1.54, 1.807) is 6.92 Å². The van der Waals surface area contributed by atoms with Crippen LogP contribution in [0.4, 0.5) is 10.1 Å². The Morgan fingerprint density at radius 1 is 1.56 bits per heavy atom. The highest BCUT2D eigenvalue weighted by Crippen LogP contribution is 2.24. The van der Waals surface area contributed by atoms with Crippen LogP contribution in [-0.2, 0) is 14.3 Å². The summed E-state index contributed by atoms with van der Waals surface area (Å²) < 4.78 is 17.9. The number of benzene rings is 1. The van der Waals surface area contributed by atoms with E-state index in [1.165, 1.54) is 12.1 Å². The molecule has 0 heterocycles. The van der Waals surface area contributed by atoms with Crippen LogP contribution in [0.1, 0.15) is 6.92 Å². The van der Waals surface area contributed by atoms with Crippen molar-refractivity contribution in [3.63, 3.8) is 0 Å². The van der Waals surface area contributed by atoms with Crippen LogP contribution in [0.2, 0.25) is 5.02 Å². The summed E-state index contributed by atoms with van der Waals surface area (Å²) in [7, 11) is 0. The number of ether oxygens (including phenoxy) is 1. The maximum absolute atomic E-state index is 13.4. The Balaban J connectivity index is 2.79. The summed E-state index contributed by atoms with van der Waals surface area (Å²) in [5.74, 6) is -2.49. The van der Waals surface area contributed by atoms with Gasteiger partial charge in [0.1, 0.15) is 5.82 Å². The van der Waals surface area contributed by atoms with Gasteiger partial charge in [0.15, 0.2) is 6.04 Å². The monoisotopic (exact) mass is 274 g/mol. The lowest BCUT2D eigenvalue weighted by Gasteiger charge is -2.12. The van der Waals surface area contributed by atoms with Crippen molar-refractivity contribution in [3.05, 3.63) is 29.0 Å². The highest BCUT2D eigenvalue weighted by molar-refractivity contribution is 6.33. The van der Waals surface area contributed by atoms with Gasteiger partial charge < -0.3 is 15.8 Å². The minimum Gasteiger partial charge on any atom is -0.464 e. The predicted octanol–water partition coefficient (Wildman–Crippen LogP) is 1.31. The third-order valence-corrected chi connectivity index (χ3v) is 2.35. The van der Waals surface area contributed by atoms with Gasteiger partial charge in [-0.05, 0) is 19.1 Å². The molecule has 0 aliphatic carbocycles. The summed E-state index contributed by atoms with van der Waals surface area (Å²) in [6.07, 6.45) is 0. The predicted molar refractivity (Wildman–Crippen MR) is 64.6 cm³/mol. The summed E-state index contributed by atoms with van der Waals surface area (Å²) in [5.41, 5.74) is 5.12. The molecule has 7 heteroatoms. The fourth-order valence-corrected chi connectivity index (χ4v) is 1.37. The standard InChI is InChI=1S/C11H12ClFN2O3/c1-2-18-11(17)8(14)10(16)15-9-6(12)4-3-5-7(9)13/h3-5,8H,2,14H2,1H3,(H,15,16). The Kier molecular flexibility index (Phi) is 5.06. The number of nitrogens with two attached hydrogens (primary N) is 1. The zero-order valence-corrected chi connectivity index (χ0v) is 10.3. The van der Waals surface area contributed by atoms with E-state index < -0.39 is 23.7 Å². The number of esters is 1. The summed E-state index contributed by atoms with van der Waals surface area (Å²) in [4.78, 5) is 22.8. The van der Waals surface area contributed by atoms with E-state index in [0.29, 0.717) is 0 Å². The molecule has 98 valence electrons. The normalized spacial score (nSPS) is 11.8. The van der Waals surface area contributed by atoms with Crippen molar-refractivity contribution >= 4 is 29.2 Å². The molecule has 1 rings (SSSR count). The number of hydrogen-bond donors (Lipinski definition) is 2. The highest BCUT2D eigenvalue weighted by atomic mass is 35.5. The van der Waals surface area contributed by atoms with Gasteiger partial charge >= 0.3 is 5.97 Å². The molecule has 1 atom stereocenters. The number of carbonyl (C=O) groups excluding carboxylic acids is 2. The SMILES string of the molecule is CCOC(=O)C(N)C(=O)Nc1c(F)cccc1Cl. The molecule has 0 aliphatic rings. The first-order chi connectivity index (χ1) is 8.47. The van der Waals surface area contributed by atoms with Crippen molar-refractivity contribution < 1.29 is 18.7 Å². The third kappa shape index (κ3) is 3.41.